The highest BCUT2D eigenvalue weighted by molar-refractivity contribution is 5.81. The van der Waals surface area contributed by atoms with Gasteiger partial charge in [-0.15, -0.1) is 0 Å². The molecule has 1 heterocycles. The second-order valence-corrected chi connectivity index (χ2v) is 4.83. The number of para-hydroxylation sites is 1. The molecule has 1 atom stereocenters. The smallest absolute Gasteiger partial charge is 0.0718 e. The predicted octanol–water partition coefficient (Wildman–Crippen LogP) is 2.13. The lowest BCUT2D eigenvalue weighted by molar-refractivity contribution is 0.182. The molecule has 4 nitrogen and oxygen atoms in total. The molecule has 1 N–H and O–H groups in total. The van der Waals surface area contributed by atoms with E-state index in [2.05, 4.69) is 41.6 Å². The maximum atomic E-state index is 5.18. The van der Waals surface area contributed by atoms with Gasteiger partial charge in [-0.3, -0.25) is 4.68 Å². The van der Waals surface area contributed by atoms with Crippen molar-refractivity contribution in [3.8, 4) is 0 Å². The number of likely N-dealkylation sites (N-methyl/N-ethyl adjacent to an activating group) is 1. The van der Waals surface area contributed by atoms with Gasteiger partial charge >= 0.3 is 0 Å². The van der Waals surface area contributed by atoms with Crippen LogP contribution < -0.4 is 5.32 Å². The molecule has 1 aromatic carbocycles. The fraction of sp³-hybridized carbons (Fsp3) is 0.533. The number of aromatic nitrogens is 2. The number of aryl methyl sites for hydroxylation is 1. The van der Waals surface area contributed by atoms with Crippen molar-refractivity contribution >= 4 is 10.9 Å². The van der Waals surface area contributed by atoms with Gasteiger partial charge in [-0.1, -0.05) is 25.1 Å². The summed E-state index contributed by atoms with van der Waals surface area (Å²) in [6, 6.07) is 8.81. The van der Waals surface area contributed by atoms with Crippen molar-refractivity contribution in [1.82, 2.24) is 15.1 Å². The van der Waals surface area contributed by atoms with Crippen LogP contribution in [-0.2, 0) is 18.2 Å². The summed E-state index contributed by atoms with van der Waals surface area (Å²) < 4.78 is 7.15. The van der Waals surface area contributed by atoms with E-state index in [-0.39, 0.29) is 0 Å². The van der Waals surface area contributed by atoms with Crippen molar-refractivity contribution in [3.05, 3.63) is 30.0 Å². The summed E-state index contributed by atoms with van der Waals surface area (Å²) in [7, 11) is 3.75. The fourth-order valence-electron chi connectivity index (χ4n) is 2.50. The van der Waals surface area contributed by atoms with E-state index in [4.69, 9.17) is 4.74 Å². The third-order valence-electron chi connectivity index (χ3n) is 3.44. The number of rotatable bonds is 7. The number of fused-ring (bicyclic) bond motifs is 1. The third kappa shape index (κ3) is 3.33. The van der Waals surface area contributed by atoms with Crippen LogP contribution in [0.2, 0.25) is 0 Å². The SMILES string of the molecule is CCNC(CCOC)Cc1nn(C)c2ccccc12. The molecule has 1 aromatic heterocycles. The van der Waals surface area contributed by atoms with E-state index in [0.717, 1.165) is 26.0 Å². The molecule has 2 aromatic rings. The van der Waals surface area contributed by atoms with E-state index < -0.39 is 0 Å². The van der Waals surface area contributed by atoms with Gasteiger partial charge < -0.3 is 10.1 Å². The Morgan fingerprint density at radius 2 is 2.16 bits per heavy atom. The first-order valence-corrected chi connectivity index (χ1v) is 6.89. The van der Waals surface area contributed by atoms with Gasteiger partial charge in [-0.2, -0.15) is 5.10 Å². The second-order valence-electron chi connectivity index (χ2n) is 4.83. The van der Waals surface area contributed by atoms with E-state index >= 15 is 0 Å². The van der Waals surface area contributed by atoms with Gasteiger partial charge in [0.05, 0.1) is 11.2 Å². The normalized spacial score (nSPS) is 13.0. The lowest BCUT2D eigenvalue weighted by Crippen LogP contribution is -2.32. The van der Waals surface area contributed by atoms with Crippen LogP contribution in [0.1, 0.15) is 19.0 Å². The number of ether oxygens (including phenoxy) is 1. The van der Waals surface area contributed by atoms with Gasteiger partial charge in [0, 0.05) is 38.6 Å². The summed E-state index contributed by atoms with van der Waals surface area (Å²) in [5.74, 6) is 0. The zero-order chi connectivity index (χ0) is 13.7. The van der Waals surface area contributed by atoms with Crippen molar-refractivity contribution < 1.29 is 4.74 Å². The van der Waals surface area contributed by atoms with Gasteiger partial charge in [0.1, 0.15) is 0 Å². The van der Waals surface area contributed by atoms with E-state index in [9.17, 15) is 0 Å². The lowest BCUT2D eigenvalue weighted by Gasteiger charge is -2.16. The van der Waals surface area contributed by atoms with Crippen LogP contribution in [0.15, 0.2) is 24.3 Å². The van der Waals surface area contributed by atoms with Crippen LogP contribution >= 0.6 is 0 Å². The summed E-state index contributed by atoms with van der Waals surface area (Å²) in [4.78, 5) is 0. The summed E-state index contributed by atoms with van der Waals surface area (Å²) in [5, 5.41) is 9.42. The number of benzene rings is 1. The first-order valence-electron chi connectivity index (χ1n) is 6.89. The first kappa shape index (κ1) is 14.0. The molecular weight excluding hydrogens is 238 g/mol. The van der Waals surface area contributed by atoms with Crippen LogP contribution in [0.5, 0.6) is 0 Å². The predicted molar refractivity (Wildman–Crippen MR) is 78.4 cm³/mol. The van der Waals surface area contributed by atoms with E-state index in [1.165, 1.54) is 16.6 Å². The molecule has 0 saturated carbocycles. The zero-order valence-electron chi connectivity index (χ0n) is 12.0. The molecule has 0 bridgehead atoms. The molecule has 4 heteroatoms. The molecule has 0 radical (unpaired) electrons. The average molecular weight is 261 g/mol. The molecular formula is C15H23N3O. The second kappa shape index (κ2) is 6.68. The van der Waals surface area contributed by atoms with Crippen LogP contribution in [0.3, 0.4) is 0 Å². The Morgan fingerprint density at radius 3 is 2.89 bits per heavy atom. The third-order valence-corrected chi connectivity index (χ3v) is 3.44. The molecule has 0 amide bonds. The Balaban J connectivity index is 2.18. The Morgan fingerprint density at radius 1 is 1.37 bits per heavy atom. The fourth-order valence-corrected chi connectivity index (χ4v) is 2.50. The molecule has 0 spiro atoms. The lowest BCUT2D eigenvalue weighted by atomic mass is 10.1. The van der Waals surface area contributed by atoms with Crippen LogP contribution in [0.25, 0.3) is 10.9 Å². The molecule has 0 aliphatic carbocycles. The van der Waals surface area contributed by atoms with Crippen LogP contribution in [0.4, 0.5) is 0 Å². The van der Waals surface area contributed by atoms with Gasteiger partial charge in [0.25, 0.3) is 0 Å². The van der Waals surface area contributed by atoms with Crippen molar-refractivity contribution in [1.29, 1.82) is 0 Å². The van der Waals surface area contributed by atoms with Gasteiger partial charge in [0.15, 0.2) is 0 Å². The van der Waals surface area contributed by atoms with Crippen molar-refractivity contribution in [3.63, 3.8) is 0 Å². The highest BCUT2D eigenvalue weighted by Gasteiger charge is 2.14. The van der Waals surface area contributed by atoms with Gasteiger partial charge in [0.2, 0.25) is 0 Å². The van der Waals surface area contributed by atoms with Gasteiger partial charge in [-0.25, -0.2) is 0 Å². The maximum Gasteiger partial charge on any atom is 0.0718 e. The zero-order valence-corrected chi connectivity index (χ0v) is 12.0. The summed E-state index contributed by atoms with van der Waals surface area (Å²) in [6.45, 7) is 3.89. The standard InChI is InChI=1S/C15H23N3O/c1-4-16-12(9-10-19-3)11-14-13-7-5-6-8-15(13)18(2)17-14/h5-8,12,16H,4,9-11H2,1-3H3. The molecule has 0 aliphatic heterocycles. The van der Waals surface area contributed by atoms with Gasteiger partial charge in [-0.05, 0) is 19.0 Å². The van der Waals surface area contributed by atoms with E-state index in [1.807, 2.05) is 11.7 Å². The van der Waals surface area contributed by atoms with Crippen molar-refractivity contribution in [2.45, 2.75) is 25.8 Å². The molecule has 1 unspecified atom stereocenters. The summed E-state index contributed by atoms with van der Waals surface area (Å²) >= 11 is 0. The molecule has 0 saturated heterocycles. The van der Waals surface area contributed by atoms with E-state index in [1.54, 1.807) is 7.11 Å². The number of hydrogen-bond donors (Lipinski definition) is 1. The Hall–Kier alpha value is -1.39. The van der Waals surface area contributed by atoms with Crippen molar-refractivity contribution in [2.75, 3.05) is 20.3 Å². The number of hydrogen-bond acceptors (Lipinski definition) is 3. The molecule has 104 valence electrons. The summed E-state index contributed by atoms with van der Waals surface area (Å²) in [5.41, 5.74) is 2.36. The Kier molecular flexibility index (Phi) is 4.93. The van der Waals surface area contributed by atoms with E-state index in [0.29, 0.717) is 6.04 Å². The number of methoxy groups -OCH3 is 1. The number of nitrogens with zero attached hydrogens (tertiary/aromatic N) is 2. The topological polar surface area (TPSA) is 39.1 Å². The largest absolute Gasteiger partial charge is 0.385 e. The average Bonchev–Trinajstić information content (AvgIpc) is 2.74. The summed E-state index contributed by atoms with van der Waals surface area (Å²) in [6.07, 6.45) is 1.95. The Labute approximate surface area is 114 Å². The molecule has 0 fully saturated rings. The highest BCUT2D eigenvalue weighted by atomic mass is 16.5. The highest BCUT2D eigenvalue weighted by Crippen LogP contribution is 2.19. The number of nitrogens with one attached hydrogen (secondary N) is 1. The minimum Gasteiger partial charge on any atom is -0.385 e. The first-order chi connectivity index (χ1) is 9.26. The maximum absolute atomic E-state index is 5.18. The van der Waals surface area contributed by atoms with Crippen LogP contribution in [0, 0.1) is 0 Å². The molecule has 0 aliphatic rings. The monoisotopic (exact) mass is 261 g/mol. The minimum atomic E-state index is 0.420. The quantitative estimate of drug-likeness (QED) is 0.830. The Bertz CT molecular complexity index is 521. The van der Waals surface area contributed by atoms with Crippen molar-refractivity contribution in [2.24, 2.45) is 7.05 Å². The minimum absolute atomic E-state index is 0.420. The molecule has 19 heavy (non-hydrogen) atoms. The molecule has 2 rings (SSSR count). The van der Waals surface area contributed by atoms with Crippen LogP contribution in [-0.4, -0.2) is 36.1 Å².